The fourth-order valence-electron chi connectivity index (χ4n) is 3.60. The fraction of sp³-hybridized carbons (Fsp3) is 0.444. The van der Waals surface area contributed by atoms with E-state index in [1.807, 2.05) is 25.3 Å². The molecule has 0 aromatic heterocycles. The minimum atomic E-state index is -3.07. The zero-order valence-corrected chi connectivity index (χ0v) is 15.5. The van der Waals surface area contributed by atoms with Gasteiger partial charge in [0.05, 0.1) is 17.4 Å². The summed E-state index contributed by atoms with van der Waals surface area (Å²) in [5, 5.41) is 3.97. The van der Waals surface area contributed by atoms with Crippen LogP contribution < -0.4 is 10.3 Å². The van der Waals surface area contributed by atoms with Crippen molar-refractivity contribution in [3.05, 3.63) is 41.6 Å². The molecule has 0 bridgehead atoms. The highest BCUT2D eigenvalue weighted by molar-refractivity contribution is 7.91. The summed E-state index contributed by atoms with van der Waals surface area (Å²) in [6.07, 6.45) is 3.81. The highest BCUT2D eigenvalue weighted by Crippen LogP contribution is 2.46. The number of para-hydroxylation sites is 1. The number of amides is 1. The molecule has 0 spiro atoms. The monoisotopic (exact) mass is 361 g/mol. The van der Waals surface area contributed by atoms with Crippen LogP contribution in [0.5, 0.6) is 0 Å². The molecule has 6 nitrogen and oxygen atoms in total. The molecule has 2 aliphatic heterocycles. The van der Waals surface area contributed by atoms with E-state index in [9.17, 15) is 13.2 Å². The number of hydrogen-bond donors (Lipinski definition) is 1. The summed E-state index contributed by atoms with van der Waals surface area (Å²) < 4.78 is 22.9. The Morgan fingerprint density at radius 1 is 1.36 bits per heavy atom. The Balaban J connectivity index is 1.68. The molecule has 0 unspecified atom stereocenters. The number of anilines is 1. The number of rotatable bonds is 3. The summed E-state index contributed by atoms with van der Waals surface area (Å²) in [5.74, 6) is -0.834. The lowest BCUT2D eigenvalue weighted by atomic mass is 9.84. The number of allylic oxidation sites excluding steroid dienone is 2. The van der Waals surface area contributed by atoms with E-state index in [0.29, 0.717) is 6.42 Å². The third-order valence-corrected chi connectivity index (χ3v) is 6.79. The number of sulfone groups is 1. The van der Waals surface area contributed by atoms with E-state index in [1.165, 1.54) is 5.56 Å². The van der Waals surface area contributed by atoms with Gasteiger partial charge >= 0.3 is 0 Å². The summed E-state index contributed by atoms with van der Waals surface area (Å²) in [5.41, 5.74) is 5.79. The summed E-state index contributed by atoms with van der Waals surface area (Å²) in [6.45, 7) is 4.30. The first kappa shape index (κ1) is 17.7. The number of carbonyl (C=O) groups is 1. The van der Waals surface area contributed by atoms with E-state index in [2.05, 4.69) is 41.4 Å². The van der Waals surface area contributed by atoms with Crippen LogP contribution in [0.4, 0.5) is 5.69 Å². The lowest BCUT2D eigenvalue weighted by molar-refractivity contribution is -0.124. The number of hydrazone groups is 1. The van der Waals surface area contributed by atoms with E-state index >= 15 is 0 Å². The van der Waals surface area contributed by atoms with Crippen LogP contribution in [0.1, 0.15) is 25.8 Å². The Morgan fingerprint density at radius 2 is 2.08 bits per heavy atom. The second kappa shape index (κ2) is 6.29. The molecule has 0 radical (unpaired) electrons. The number of fused-ring (bicyclic) bond motifs is 1. The number of likely N-dealkylation sites (N-methyl/N-ethyl adjacent to an activating group) is 1. The molecule has 7 heteroatoms. The molecule has 1 amide bonds. The molecule has 1 aromatic rings. The third-order valence-electron chi connectivity index (χ3n) is 5.03. The lowest BCUT2D eigenvalue weighted by Crippen LogP contribution is -2.27. The minimum absolute atomic E-state index is 0.0795. The Labute approximate surface area is 148 Å². The second-order valence-corrected chi connectivity index (χ2v) is 9.34. The Kier molecular flexibility index (Phi) is 4.45. The highest BCUT2D eigenvalue weighted by Gasteiger charge is 2.37. The predicted octanol–water partition coefficient (Wildman–Crippen LogP) is 1.83. The summed E-state index contributed by atoms with van der Waals surface area (Å²) in [7, 11) is -1.06. The van der Waals surface area contributed by atoms with Crippen molar-refractivity contribution in [3.63, 3.8) is 0 Å². The molecular formula is C18H23N3O3S. The van der Waals surface area contributed by atoms with Crippen molar-refractivity contribution in [2.75, 3.05) is 23.5 Å². The second-order valence-electron chi connectivity index (χ2n) is 7.11. The molecule has 1 fully saturated rings. The van der Waals surface area contributed by atoms with E-state index in [0.717, 1.165) is 11.4 Å². The minimum Gasteiger partial charge on any atom is -0.347 e. The molecule has 1 atom stereocenters. The number of nitrogens with zero attached hydrogens (tertiary/aromatic N) is 2. The molecule has 0 aliphatic carbocycles. The van der Waals surface area contributed by atoms with Crippen molar-refractivity contribution in [1.29, 1.82) is 0 Å². The largest absolute Gasteiger partial charge is 0.347 e. The van der Waals surface area contributed by atoms with Gasteiger partial charge in [-0.2, -0.15) is 5.10 Å². The molecule has 0 saturated carbocycles. The molecule has 2 heterocycles. The fourth-order valence-corrected chi connectivity index (χ4v) is 5.35. The molecule has 1 aromatic carbocycles. The standard InChI is InChI=1S/C18H23N3O3S/c1-18(2)14-6-4-5-7-15(14)21(3)16(18)8-10-19-20-17(22)13-9-11-25(23,24)12-13/h4-8,10,13H,9,11-12H2,1-3H3,(H,20,22)/b16-8-,19-10-/t13-/m0/s1. The van der Waals surface area contributed by atoms with E-state index in [1.54, 1.807) is 6.21 Å². The molecule has 25 heavy (non-hydrogen) atoms. The maximum atomic E-state index is 12.0. The van der Waals surface area contributed by atoms with E-state index in [4.69, 9.17) is 0 Å². The van der Waals surface area contributed by atoms with Gasteiger partial charge in [0.1, 0.15) is 0 Å². The van der Waals surface area contributed by atoms with Gasteiger partial charge in [-0.25, -0.2) is 13.8 Å². The molecule has 2 aliphatic rings. The van der Waals surface area contributed by atoms with Gasteiger partial charge in [-0.3, -0.25) is 4.79 Å². The highest BCUT2D eigenvalue weighted by atomic mass is 32.2. The Hall–Kier alpha value is -2.15. The topological polar surface area (TPSA) is 78.8 Å². The summed E-state index contributed by atoms with van der Waals surface area (Å²) >= 11 is 0. The number of benzene rings is 1. The average Bonchev–Trinajstić information content (AvgIpc) is 3.01. The van der Waals surface area contributed by atoms with Crippen LogP contribution in [0.25, 0.3) is 0 Å². The van der Waals surface area contributed by atoms with Crippen molar-refractivity contribution >= 4 is 27.6 Å². The van der Waals surface area contributed by atoms with Gasteiger partial charge in [0.25, 0.3) is 0 Å². The quantitative estimate of drug-likeness (QED) is 0.658. The van der Waals surface area contributed by atoms with Crippen molar-refractivity contribution in [2.45, 2.75) is 25.7 Å². The van der Waals surface area contributed by atoms with Crippen LogP contribution >= 0.6 is 0 Å². The first-order valence-electron chi connectivity index (χ1n) is 8.30. The van der Waals surface area contributed by atoms with Crippen molar-refractivity contribution in [2.24, 2.45) is 11.0 Å². The van der Waals surface area contributed by atoms with Crippen molar-refractivity contribution in [3.8, 4) is 0 Å². The van der Waals surface area contributed by atoms with Crippen LogP contribution in [0, 0.1) is 5.92 Å². The van der Waals surface area contributed by atoms with Crippen LogP contribution in [0.15, 0.2) is 41.1 Å². The van der Waals surface area contributed by atoms with Gasteiger partial charge < -0.3 is 4.90 Å². The van der Waals surface area contributed by atoms with Crippen LogP contribution in [0.3, 0.4) is 0 Å². The van der Waals surface area contributed by atoms with Crippen molar-refractivity contribution < 1.29 is 13.2 Å². The Bertz CT molecular complexity index is 856. The van der Waals surface area contributed by atoms with Gasteiger partial charge in [-0.05, 0) is 24.1 Å². The van der Waals surface area contributed by atoms with Gasteiger partial charge in [-0.15, -0.1) is 0 Å². The lowest BCUT2D eigenvalue weighted by Gasteiger charge is -2.23. The van der Waals surface area contributed by atoms with Gasteiger partial charge in [0.15, 0.2) is 9.84 Å². The average molecular weight is 361 g/mol. The van der Waals surface area contributed by atoms with Crippen molar-refractivity contribution in [1.82, 2.24) is 5.43 Å². The van der Waals surface area contributed by atoms with Gasteiger partial charge in [0.2, 0.25) is 5.91 Å². The number of hydrogen-bond acceptors (Lipinski definition) is 5. The zero-order chi connectivity index (χ0) is 18.2. The number of nitrogens with one attached hydrogen (secondary N) is 1. The number of carbonyl (C=O) groups excluding carboxylic acids is 1. The summed E-state index contributed by atoms with van der Waals surface area (Å²) in [4.78, 5) is 14.1. The third kappa shape index (κ3) is 3.33. The van der Waals surface area contributed by atoms with Crippen LogP contribution in [-0.4, -0.2) is 39.1 Å². The molecular weight excluding hydrogens is 338 g/mol. The normalized spacial score (nSPS) is 25.5. The SMILES string of the molecule is CN1/C(=C\C=N/NC(=O)[C@H]2CCS(=O)(=O)C2)C(C)(C)c2ccccc21. The zero-order valence-electron chi connectivity index (χ0n) is 14.7. The smallest absolute Gasteiger partial charge is 0.244 e. The molecule has 134 valence electrons. The van der Waals surface area contributed by atoms with Crippen LogP contribution in [0.2, 0.25) is 0 Å². The first-order valence-corrected chi connectivity index (χ1v) is 10.1. The first-order chi connectivity index (χ1) is 11.7. The molecule has 1 N–H and O–H groups in total. The predicted molar refractivity (Wildman–Crippen MR) is 99.3 cm³/mol. The van der Waals surface area contributed by atoms with Gasteiger partial charge in [-0.1, -0.05) is 32.0 Å². The van der Waals surface area contributed by atoms with Gasteiger partial charge in [0, 0.05) is 30.1 Å². The maximum Gasteiger partial charge on any atom is 0.244 e. The maximum absolute atomic E-state index is 12.0. The van der Waals surface area contributed by atoms with Crippen LogP contribution in [-0.2, 0) is 20.0 Å². The molecule has 3 rings (SSSR count). The Morgan fingerprint density at radius 3 is 2.72 bits per heavy atom. The van der Waals surface area contributed by atoms with E-state index in [-0.39, 0.29) is 22.8 Å². The van der Waals surface area contributed by atoms with E-state index < -0.39 is 15.8 Å². The molecule has 1 saturated heterocycles. The summed E-state index contributed by atoms with van der Waals surface area (Å²) in [6, 6.07) is 8.24.